The van der Waals surface area contributed by atoms with Gasteiger partial charge in [-0.2, -0.15) is 0 Å². The van der Waals surface area contributed by atoms with Crippen molar-refractivity contribution in [1.82, 2.24) is 5.32 Å². The molecule has 1 N–H and O–H groups in total. The van der Waals surface area contributed by atoms with Crippen LogP contribution in [0.25, 0.3) is 0 Å². The highest BCUT2D eigenvalue weighted by Crippen LogP contribution is 2.29. The lowest BCUT2D eigenvalue weighted by Crippen LogP contribution is -2.08. The molecular formula is C14H13FN2O3. The van der Waals surface area contributed by atoms with Crippen LogP contribution in [-0.2, 0) is 6.54 Å². The zero-order valence-electron chi connectivity index (χ0n) is 10.8. The standard InChI is InChI=1S/C14H13FN2O3/c1-16-9-12-13(15)6-3-7-14(12)20-11-5-2-4-10(8-11)17(18)19/h2-8,16H,9H2,1H3. The summed E-state index contributed by atoms with van der Waals surface area (Å²) in [7, 11) is 1.70. The minimum atomic E-state index is -0.507. The topological polar surface area (TPSA) is 64.4 Å². The third-order valence-electron chi connectivity index (χ3n) is 2.69. The molecule has 0 aliphatic carbocycles. The van der Waals surface area contributed by atoms with E-state index in [0.717, 1.165) is 0 Å². The molecule has 0 spiro atoms. The lowest BCUT2D eigenvalue weighted by Gasteiger charge is -2.11. The Morgan fingerprint density at radius 1 is 1.30 bits per heavy atom. The second-order valence-corrected chi connectivity index (χ2v) is 4.10. The molecule has 20 heavy (non-hydrogen) atoms. The summed E-state index contributed by atoms with van der Waals surface area (Å²) in [5.41, 5.74) is 0.301. The van der Waals surface area contributed by atoms with Crippen molar-refractivity contribution in [2.45, 2.75) is 6.54 Å². The lowest BCUT2D eigenvalue weighted by atomic mass is 10.2. The summed E-state index contributed by atoms with van der Waals surface area (Å²) >= 11 is 0. The SMILES string of the molecule is CNCc1c(F)cccc1Oc1cccc([N+](=O)[O-])c1. The summed E-state index contributed by atoms with van der Waals surface area (Å²) in [6, 6.07) is 10.3. The van der Waals surface area contributed by atoms with Gasteiger partial charge in [0.15, 0.2) is 0 Å². The summed E-state index contributed by atoms with van der Waals surface area (Å²) in [4.78, 5) is 10.2. The molecule has 0 bridgehead atoms. The quantitative estimate of drug-likeness (QED) is 0.672. The van der Waals surface area contributed by atoms with Crippen LogP contribution in [0.4, 0.5) is 10.1 Å². The fourth-order valence-electron chi connectivity index (χ4n) is 1.77. The molecule has 0 saturated carbocycles. The van der Waals surface area contributed by atoms with Gasteiger partial charge in [0.05, 0.1) is 11.0 Å². The molecule has 0 unspecified atom stereocenters. The Labute approximate surface area is 115 Å². The molecule has 5 nitrogen and oxygen atoms in total. The smallest absolute Gasteiger partial charge is 0.273 e. The van der Waals surface area contributed by atoms with Crippen molar-refractivity contribution in [3.63, 3.8) is 0 Å². The Bertz CT molecular complexity index is 632. The van der Waals surface area contributed by atoms with Gasteiger partial charge in [-0.1, -0.05) is 12.1 Å². The normalized spacial score (nSPS) is 10.3. The molecule has 0 saturated heterocycles. The summed E-state index contributed by atoms with van der Waals surface area (Å²) < 4.78 is 19.3. The molecule has 2 aromatic carbocycles. The van der Waals surface area contributed by atoms with Crippen molar-refractivity contribution in [2.24, 2.45) is 0 Å². The maximum absolute atomic E-state index is 13.7. The van der Waals surface area contributed by atoms with Crippen LogP contribution in [-0.4, -0.2) is 12.0 Å². The first kappa shape index (κ1) is 14.0. The first-order chi connectivity index (χ1) is 9.61. The average Bonchev–Trinajstić information content (AvgIpc) is 2.43. The number of rotatable bonds is 5. The van der Waals surface area contributed by atoms with E-state index in [4.69, 9.17) is 4.74 Å². The largest absolute Gasteiger partial charge is 0.457 e. The molecule has 6 heteroatoms. The zero-order chi connectivity index (χ0) is 14.5. The van der Waals surface area contributed by atoms with Crippen molar-refractivity contribution < 1.29 is 14.1 Å². The van der Waals surface area contributed by atoms with E-state index < -0.39 is 4.92 Å². The molecule has 0 fully saturated rings. The summed E-state index contributed by atoms with van der Waals surface area (Å²) in [6.07, 6.45) is 0. The number of halogens is 1. The number of hydrogen-bond donors (Lipinski definition) is 1. The van der Waals surface area contributed by atoms with Gasteiger partial charge in [-0.25, -0.2) is 4.39 Å². The number of non-ortho nitro benzene ring substituents is 1. The molecule has 2 aromatic rings. The van der Waals surface area contributed by atoms with E-state index in [1.54, 1.807) is 19.2 Å². The van der Waals surface area contributed by atoms with Gasteiger partial charge in [0.2, 0.25) is 0 Å². The van der Waals surface area contributed by atoms with E-state index in [2.05, 4.69) is 5.32 Å². The van der Waals surface area contributed by atoms with E-state index in [-0.39, 0.29) is 11.5 Å². The van der Waals surface area contributed by atoms with Crippen molar-refractivity contribution >= 4 is 5.69 Å². The molecule has 104 valence electrons. The third-order valence-corrected chi connectivity index (χ3v) is 2.69. The number of nitro groups is 1. The number of nitro benzene ring substituents is 1. The maximum atomic E-state index is 13.7. The first-order valence-electron chi connectivity index (χ1n) is 5.96. The van der Waals surface area contributed by atoms with Crippen LogP contribution >= 0.6 is 0 Å². The first-order valence-corrected chi connectivity index (χ1v) is 5.96. The van der Waals surface area contributed by atoms with E-state index in [0.29, 0.717) is 23.6 Å². The molecule has 0 atom stereocenters. The molecule has 0 aliphatic rings. The number of nitrogens with one attached hydrogen (secondary N) is 1. The van der Waals surface area contributed by atoms with E-state index in [1.807, 2.05) is 0 Å². The maximum Gasteiger partial charge on any atom is 0.273 e. The number of benzene rings is 2. The molecule has 2 rings (SSSR count). The van der Waals surface area contributed by atoms with Gasteiger partial charge >= 0.3 is 0 Å². The molecule has 0 aliphatic heterocycles. The van der Waals surface area contributed by atoms with Crippen LogP contribution in [0.2, 0.25) is 0 Å². The molecule has 0 aromatic heterocycles. The lowest BCUT2D eigenvalue weighted by molar-refractivity contribution is -0.384. The Morgan fingerprint density at radius 2 is 2.05 bits per heavy atom. The molecule has 0 heterocycles. The second kappa shape index (κ2) is 6.12. The van der Waals surface area contributed by atoms with Crippen molar-refractivity contribution in [3.05, 3.63) is 64.0 Å². The highest BCUT2D eigenvalue weighted by molar-refractivity contribution is 5.43. The van der Waals surface area contributed by atoms with Crippen LogP contribution in [0.3, 0.4) is 0 Å². The van der Waals surface area contributed by atoms with E-state index >= 15 is 0 Å². The van der Waals surface area contributed by atoms with Gasteiger partial charge in [-0.15, -0.1) is 0 Å². The minimum Gasteiger partial charge on any atom is -0.457 e. The van der Waals surface area contributed by atoms with Crippen molar-refractivity contribution in [2.75, 3.05) is 7.05 Å². The predicted molar refractivity (Wildman–Crippen MR) is 72.3 cm³/mol. The van der Waals surface area contributed by atoms with Crippen molar-refractivity contribution in [3.8, 4) is 11.5 Å². The average molecular weight is 276 g/mol. The van der Waals surface area contributed by atoms with Crippen LogP contribution in [0, 0.1) is 15.9 Å². The van der Waals surface area contributed by atoms with Crippen molar-refractivity contribution in [1.29, 1.82) is 0 Å². The van der Waals surface area contributed by atoms with Crippen LogP contribution in [0.5, 0.6) is 11.5 Å². The fraction of sp³-hybridized carbons (Fsp3) is 0.143. The second-order valence-electron chi connectivity index (χ2n) is 4.10. The van der Waals surface area contributed by atoms with Crippen LogP contribution < -0.4 is 10.1 Å². The van der Waals surface area contributed by atoms with Gasteiger partial charge in [0, 0.05) is 18.2 Å². The predicted octanol–water partition coefficient (Wildman–Crippen LogP) is 3.25. The number of ether oxygens (including phenoxy) is 1. The third kappa shape index (κ3) is 3.10. The minimum absolute atomic E-state index is 0.0749. The number of hydrogen-bond acceptors (Lipinski definition) is 4. The Kier molecular flexibility index (Phi) is 4.27. The van der Waals surface area contributed by atoms with Gasteiger partial charge in [0.25, 0.3) is 5.69 Å². The Balaban J connectivity index is 2.32. The fourth-order valence-corrected chi connectivity index (χ4v) is 1.77. The van der Waals surface area contributed by atoms with Crippen LogP contribution in [0.1, 0.15) is 5.56 Å². The highest BCUT2D eigenvalue weighted by Gasteiger charge is 2.11. The Hall–Kier alpha value is -2.47. The zero-order valence-corrected chi connectivity index (χ0v) is 10.8. The monoisotopic (exact) mass is 276 g/mol. The van der Waals surface area contributed by atoms with Gasteiger partial charge in [-0.05, 0) is 25.2 Å². The summed E-state index contributed by atoms with van der Waals surface area (Å²) in [5, 5.41) is 13.6. The summed E-state index contributed by atoms with van der Waals surface area (Å²) in [5.74, 6) is 0.240. The molecule has 0 radical (unpaired) electrons. The van der Waals surface area contributed by atoms with Gasteiger partial charge in [-0.3, -0.25) is 10.1 Å². The van der Waals surface area contributed by atoms with E-state index in [1.165, 1.54) is 30.3 Å². The Morgan fingerprint density at radius 3 is 2.75 bits per heavy atom. The summed E-state index contributed by atoms with van der Waals surface area (Å²) in [6.45, 7) is 0.303. The number of nitrogens with zero attached hydrogens (tertiary/aromatic N) is 1. The van der Waals surface area contributed by atoms with Gasteiger partial charge in [0.1, 0.15) is 17.3 Å². The van der Waals surface area contributed by atoms with Gasteiger partial charge < -0.3 is 10.1 Å². The van der Waals surface area contributed by atoms with E-state index in [9.17, 15) is 14.5 Å². The van der Waals surface area contributed by atoms with Crippen LogP contribution in [0.15, 0.2) is 42.5 Å². The highest BCUT2D eigenvalue weighted by atomic mass is 19.1. The molecular weight excluding hydrogens is 263 g/mol. The molecule has 0 amide bonds.